The molecule has 0 spiro atoms. The van der Waals surface area contributed by atoms with Crippen molar-refractivity contribution in [1.82, 2.24) is 4.31 Å². The van der Waals surface area contributed by atoms with Crippen LogP contribution < -0.4 is 9.47 Å². The summed E-state index contributed by atoms with van der Waals surface area (Å²) in [7, 11) is -0.986. The maximum atomic E-state index is 13.1. The van der Waals surface area contributed by atoms with E-state index in [-0.39, 0.29) is 16.4 Å². The zero-order valence-electron chi connectivity index (χ0n) is 14.4. The van der Waals surface area contributed by atoms with E-state index < -0.39 is 16.0 Å². The Balaban J connectivity index is 2.56. The molecule has 1 aliphatic rings. The van der Waals surface area contributed by atoms with Gasteiger partial charge in [0, 0.05) is 19.2 Å². The van der Waals surface area contributed by atoms with Crippen molar-refractivity contribution in [2.45, 2.75) is 30.6 Å². The van der Waals surface area contributed by atoms with Gasteiger partial charge in [-0.3, -0.25) is 0 Å². The smallest absolute Gasteiger partial charge is 0.328 e. The van der Waals surface area contributed by atoms with E-state index in [0.29, 0.717) is 18.7 Å². The number of hydrogen-bond acceptors (Lipinski definition) is 5. The first kappa shape index (κ1) is 19.3. The van der Waals surface area contributed by atoms with Gasteiger partial charge in [-0.2, -0.15) is 4.31 Å². The molecule has 0 radical (unpaired) electrons. The zero-order chi connectivity index (χ0) is 18.4. The van der Waals surface area contributed by atoms with Crippen LogP contribution in [0.15, 0.2) is 23.1 Å². The van der Waals surface area contributed by atoms with Gasteiger partial charge >= 0.3 is 5.97 Å². The van der Waals surface area contributed by atoms with E-state index in [4.69, 9.17) is 14.6 Å². The molecule has 7 nitrogen and oxygen atoms in total. The summed E-state index contributed by atoms with van der Waals surface area (Å²) in [4.78, 5) is 10.7. The number of aliphatic carboxylic acids is 1. The molecule has 1 aliphatic heterocycles. The van der Waals surface area contributed by atoms with Gasteiger partial charge < -0.3 is 14.6 Å². The Labute approximate surface area is 147 Å². The van der Waals surface area contributed by atoms with Crippen LogP contribution in [0.3, 0.4) is 0 Å². The molecule has 0 saturated carbocycles. The van der Waals surface area contributed by atoms with Gasteiger partial charge in [0.05, 0.1) is 14.2 Å². The number of nitrogens with zero attached hydrogens (tertiary/aromatic N) is 1. The summed E-state index contributed by atoms with van der Waals surface area (Å²) in [6, 6.07) is 2.96. The number of ether oxygens (including phenoxy) is 2. The first-order chi connectivity index (χ1) is 11.9. The fourth-order valence-corrected chi connectivity index (χ4v) is 4.55. The van der Waals surface area contributed by atoms with Crippen molar-refractivity contribution in [3.63, 3.8) is 0 Å². The number of carboxylic acids is 1. The lowest BCUT2D eigenvalue weighted by atomic mass is 10.2. The van der Waals surface area contributed by atoms with Gasteiger partial charge in [0.15, 0.2) is 11.5 Å². The molecule has 0 aliphatic carbocycles. The fraction of sp³-hybridized carbons (Fsp3) is 0.471. The Bertz CT molecular complexity index is 749. The monoisotopic (exact) mass is 369 g/mol. The molecule has 1 heterocycles. The summed E-state index contributed by atoms with van der Waals surface area (Å²) in [5, 5.41) is 8.80. The highest BCUT2D eigenvalue weighted by Crippen LogP contribution is 2.38. The Morgan fingerprint density at radius 2 is 1.76 bits per heavy atom. The Morgan fingerprint density at radius 3 is 2.28 bits per heavy atom. The summed E-state index contributed by atoms with van der Waals surface area (Å²) in [5.74, 6) is -0.755. The minimum Gasteiger partial charge on any atom is -0.493 e. The highest BCUT2D eigenvalue weighted by Gasteiger charge is 2.30. The van der Waals surface area contributed by atoms with Crippen molar-refractivity contribution < 1.29 is 27.8 Å². The maximum Gasteiger partial charge on any atom is 0.328 e. The number of carbonyl (C=O) groups is 1. The van der Waals surface area contributed by atoms with E-state index in [9.17, 15) is 13.2 Å². The SMILES string of the molecule is COc1cc(/C=C\C(=O)O)cc(S(=O)(=O)N2CCCCCC2)c1OC. The molecule has 138 valence electrons. The van der Waals surface area contributed by atoms with Crippen molar-refractivity contribution in [1.29, 1.82) is 0 Å². The number of methoxy groups -OCH3 is 2. The van der Waals surface area contributed by atoms with Crippen LogP contribution in [0.25, 0.3) is 6.08 Å². The van der Waals surface area contributed by atoms with Gasteiger partial charge in [0.25, 0.3) is 0 Å². The minimum absolute atomic E-state index is 0.0127. The normalized spacial score (nSPS) is 16.6. The molecule has 1 saturated heterocycles. The van der Waals surface area contributed by atoms with Crippen molar-refractivity contribution in [2.75, 3.05) is 27.3 Å². The lowest BCUT2D eigenvalue weighted by Crippen LogP contribution is -2.32. The predicted octanol–water partition coefficient (Wildman–Crippen LogP) is 2.37. The quantitative estimate of drug-likeness (QED) is 0.774. The van der Waals surface area contributed by atoms with Crippen LogP contribution in [0.2, 0.25) is 0 Å². The standard InChI is InChI=1S/C17H23NO6S/c1-23-14-11-13(7-8-16(19)20)12-15(17(14)24-2)25(21,22)18-9-5-3-4-6-10-18/h7-8,11-12H,3-6,9-10H2,1-2H3,(H,19,20)/b8-7-. The molecular formula is C17H23NO6S. The van der Waals surface area contributed by atoms with E-state index >= 15 is 0 Å². The first-order valence-electron chi connectivity index (χ1n) is 8.07. The zero-order valence-corrected chi connectivity index (χ0v) is 15.2. The van der Waals surface area contributed by atoms with Gasteiger partial charge in [0.2, 0.25) is 10.0 Å². The van der Waals surface area contributed by atoms with Gasteiger partial charge in [-0.1, -0.05) is 12.8 Å². The van der Waals surface area contributed by atoms with Crippen LogP contribution in [-0.2, 0) is 14.8 Å². The first-order valence-corrected chi connectivity index (χ1v) is 9.51. The topological polar surface area (TPSA) is 93.1 Å². The van der Waals surface area contributed by atoms with Gasteiger partial charge in [-0.25, -0.2) is 13.2 Å². The van der Waals surface area contributed by atoms with Crippen LogP contribution in [0.5, 0.6) is 11.5 Å². The van der Waals surface area contributed by atoms with Crippen LogP contribution in [0, 0.1) is 0 Å². The highest BCUT2D eigenvalue weighted by molar-refractivity contribution is 7.89. The summed E-state index contributed by atoms with van der Waals surface area (Å²) in [6.07, 6.45) is 5.92. The van der Waals surface area contributed by atoms with Crippen LogP contribution in [-0.4, -0.2) is 51.1 Å². The Kier molecular flexibility index (Phi) is 6.44. The van der Waals surface area contributed by atoms with Crippen molar-refractivity contribution in [3.8, 4) is 11.5 Å². The van der Waals surface area contributed by atoms with Gasteiger partial charge in [-0.15, -0.1) is 0 Å². The molecule has 1 N–H and O–H groups in total. The Morgan fingerprint density at radius 1 is 1.12 bits per heavy atom. The summed E-state index contributed by atoms with van der Waals surface area (Å²) >= 11 is 0. The molecule has 1 aromatic rings. The van der Waals surface area contributed by atoms with Crippen LogP contribution >= 0.6 is 0 Å². The van der Waals surface area contributed by atoms with E-state index in [2.05, 4.69) is 0 Å². The molecule has 2 rings (SSSR count). The lowest BCUT2D eigenvalue weighted by molar-refractivity contribution is -0.131. The summed E-state index contributed by atoms with van der Waals surface area (Å²) in [6.45, 7) is 0.923. The van der Waals surface area contributed by atoms with Crippen molar-refractivity contribution >= 4 is 22.1 Å². The van der Waals surface area contributed by atoms with Gasteiger partial charge in [-0.05, 0) is 36.6 Å². The molecule has 25 heavy (non-hydrogen) atoms. The summed E-state index contributed by atoms with van der Waals surface area (Å²) < 4.78 is 38.2. The van der Waals surface area contributed by atoms with Crippen LogP contribution in [0.4, 0.5) is 0 Å². The Hall–Kier alpha value is -2.06. The number of sulfonamides is 1. The fourth-order valence-electron chi connectivity index (χ4n) is 2.83. The van der Waals surface area contributed by atoms with Crippen molar-refractivity contribution in [2.24, 2.45) is 0 Å². The second-order valence-corrected chi connectivity index (χ2v) is 7.65. The van der Waals surface area contributed by atoms with E-state index in [1.54, 1.807) is 6.07 Å². The second-order valence-electron chi connectivity index (χ2n) is 5.74. The number of benzene rings is 1. The molecule has 8 heteroatoms. The minimum atomic E-state index is -3.77. The molecule has 0 atom stereocenters. The van der Waals surface area contributed by atoms with E-state index in [0.717, 1.165) is 31.8 Å². The average Bonchev–Trinajstić information content (AvgIpc) is 2.88. The molecule has 0 amide bonds. The third-order valence-corrected chi connectivity index (χ3v) is 5.97. The largest absolute Gasteiger partial charge is 0.493 e. The van der Waals surface area contributed by atoms with Gasteiger partial charge in [0.1, 0.15) is 4.90 Å². The predicted molar refractivity (Wildman–Crippen MR) is 93.4 cm³/mol. The van der Waals surface area contributed by atoms with E-state index in [1.165, 1.54) is 30.7 Å². The lowest BCUT2D eigenvalue weighted by Gasteiger charge is -2.22. The third-order valence-electron chi connectivity index (χ3n) is 4.07. The molecule has 1 aromatic carbocycles. The molecule has 0 bridgehead atoms. The molecule has 0 unspecified atom stereocenters. The highest BCUT2D eigenvalue weighted by atomic mass is 32.2. The second kappa shape index (κ2) is 8.35. The van der Waals surface area contributed by atoms with Crippen molar-refractivity contribution in [3.05, 3.63) is 23.8 Å². The maximum absolute atomic E-state index is 13.1. The molecular weight excluding hydrogens is 346 g/mol. The van der Waals surface area contributed by atoms with E-state index in [1.807, 2.05) is 0 Å². The summed E-state index contributed by atoms with van der Waals surface area (Å²) in [5.41, 5.74) is 0.411. The number of carboxylic acid groups (broad SMARTS) is 1. The molecule has 0 aromatic heterocycles. The van der Waals surface area contributed by atoms with Crippen LogP contribution in [0.1, 0.15) is 31.2 Å². The average molecular weight is 369 g/mol. The molecule has 1 fully saturated rings. The number of rotatable bonds is 6. The third kappa shape index (κ3) is 4.52. The number of hydrogen-bond donors (Lipinski definition) is 1.